The highest BCUT2D eigenvalue weighted by molar-refractivity contribution is 5.90. The Morgan fingerprint density at radius 2 is 2.00 bits per heavy atom. The molecule has 0 radical (unpaired) electrons. The average molecular weight is 308 g/mol. The van der Waals surface area contributed by atoms with Gasteiger partial charge in [-0.25, -0.2) is 0 Å². The lowest BCUT2D eigenvalue weighted by atomic mass is 10.0. The zero-order valence-electron chi connectivity index (χ0n) is 11.9. The van der Waals surface area contributed by atoms with Crippen molar-refractivity contribution in [2.45, 2.75) is 31.7 Å². The molecule has 0 aliphatic rings. The maximum Gasteiger partial charge on any atom is 0.416 e. The van der Waals surface area contributed by atoms with E-state index in [2.05, 4.69) is 11.4 Å². The Morgan fingerprint density at radius 1 is 1.27 bits per heavy atom. The van der Waals surface area contributed by atoms with Crippen molar-refractivity contribution in [3.63, 3.8) is 0 Å². The number of anilines is 1. The number of rotatable bonds is 4. The lowest BCUT2D eigenvalue weighted by Crippen LogP contribution is -2.43. The molecular weight excluding hydrogens is 293 g/mol. The van der Waals surface area contributed by atoms with Crippen molar-refractivity contribution in [1.29, 1.82) is 5.26 Å². The molecule has 0 saturated heterocycles. The molecule has 0 spiro atoms. The number of hydrogen-bond acceptors (Lipinski definition) is 3. The standard InChI is InChI=1S/C16H15F3N2O/c1-2-14(15(22)16(17,18)19)21-12-6-7-13-10(8-12)4-3-5-11(13)9-20/h3-8,14-15,21-22H,2H2,1H3/t14-,15-/m1/s1. The van der Waals surface area contributed by atoms with E-state index in [4.69, 9.17) is 5.26 Å². The number of benzene rings is 2. The maximum absolute atomic E-state index is 12.6. The first-order valence-corrected chi connectivity index (χ1v) is 6.81. The highest BCUT2D eigenvalue weighted by Gasteiger charge is 2.42. The van der Waals surface area contributed by atoms with Crippen molar-refractivity contribution >= 4 is 16.5 Å². The van der Waals surface area contributed by atoms with Crippen LogP contribution >= 0.6 is 0 Å². The number of halogens is 3. The van der Waals surface area contributed by atoms with Crippen LogP contribution < -0.4 is 5.32 Å². The lowest BCUT2D eigenvalue weighted by Gasteiger charge is -2.25. The monoisotopic (exact) mass is 308 g/mol. The topological polar surface area (TPSA) is 56.0 Å². The van der Waals surface area contributed by atoms with Gasteiger partial charge in [0.25, 0.3) is 0 Å². The van der Waals surface area contributed by atoms with Gasteiger partial charge in [-0.1, -0.05) is 25.1 Å². The Balaban J connectivity index is 2.30. The van der Waals surface area contributed by atoms with Crippen molar-refractivity contribution in [3.8, 4) is 6.07 Å². The zero-order chi connectivity index (χ0) is 16.3. The van der Waals surface area contributed by atoms with Gasteiger partial charge in [0.15, 0.2) is 6.10 Å². The number of hydrogen-bond donors (Lipinski definition) is 2. The maximum atomic E-state index is 12.6. The van der Waals surface area contributed by atoms with E-state index >= 15 is 0 Å². The third kappa shape index (κ3) is 3.31. The second-order valence-corrected chi connectivity index (χ2v) is 5.00. The summed E-state index contributed by atoms with van der Waals surface area (Å²) in [5.41, 5.74) is 0.976. The quantitative estimate of drug-likeness (QED) is 0.902. The molecular formula is C16H15F3N2O. The van der Waals surface area contributed by atoms with Gasteiger partial charge < -0.3 is 10.4 Å². The largest absolute Gasteiger partial charge is 0.416 e. The fourth-order valence-electron chi connectivity index (χ4n) is 2.32. The average Bonchev–Trinajstić information content (AvgIpc) is 2.50. The normalized spacial score (nSPS) is 14.4. The summed E-state index contributed by atoms with van der Waals surface area (Å²) in [6, 6.07) is 11.1. The number of nitriles is 1. The summed E-state index contributed by atoms with van der Waals surface area (Å²) >= 11 is 0. The van der Waals surface area contributed by atoms with Crippen molar-refractivity contribution in [1.82, 2.24) is 0 Å². The molecule has 0 fully saturated rings. The lowest BCUT2D eigenvalue weighted by molar-refractivity contribution is -0.207. The van der Waals surface area contributed by atoms with Gasteiger partial charge in [-0.2, -0.15) is 18.4 Å². The van der Waals surface area contributed by atoms with Crippen LogP contribution in [-0.2, 0) is 0 Å². The SMILES string of the molecule is CC[C@@H](Nc1ccc2c(C#N)cccc2c1)[C@@H](O)C(F)(F)F. The van der Waals surface area contributed by atoms with E-state index < -0.39 is 18.3 Å². The Bertz CT molecular complexity index is 707. The summed E-state index contributed by atoms with van der Waals surface area (Å²) in [6.07, 6.45) is -6.98. The summed E-state index contributed by atoms with van der Waals surface area (Å²) < 4.78 is 37.8. The first-order valence-electron chi connectivity index (χ1n) is 6.81. The van der Waals surface area contributed by atoms with Crippen LogP contribution in [0.5, 0.6) is 0 Å². The number of nitrogens with zero attached hydrogens (tertiary/aromatic N) is 1. The van der Waals surface area contributed by atoms with Crippen LogP contribution in [0.2, 0.25) is 0 Å². The number of nitrogens with one attached hydrogen (secondary N) is 1. The zero-order valence-corrected chi connectivity index (χ0v) is 11.9. The second-order valence-electron chi connectivity index (χ2n) is 5.00. The molecule has 0 unspecified atom stereocenters. The van der Waals surface area contributed by atoms with Crippen LogP contribution in [0.3, 0.4) is 0 Å². The third-order valence-corrected chi connectivity index (χ3v) is 3.51. The molecule has 0 aromatic heterocycles. The second kappa shape index (κ2) is 6.24. The Labute approximate surface area is 126 Å². The molecule has 3 nitrogen and oxygen atoms in total. The molecule has 0 aliphatic heterocycles. The molecule has 6 heteroatoms. The van der Waals surface area contributed by atoms with E-state index in [9.17, 15) is 18.3 Å². The van der Waals surface area contributed by atoms with Crippen LogP contribution in [0.15, 0.2) is 36.4 Å². The molecule has 2 atom stereocenters. The molecule has 0 amide bonds. The fraction of sp³-hybridized carbons (Fsp3) is 0.312. The first-order chi connectivity index (χ1) is 10.4. The molecule has 0 aliphatic carbocycles. The molecule has 0 saturated carbocycles. The van der Waals surface area contributed by atoms with Crippen LogP contribution in [0.25, 0.3) is 10.8 Å². The van der Waals surface area contributed by atoms with E-state index in [0.29, 0.717) is 11.3 Å². The molecule has 0 heterocycles. The minimum atomic E-state index is -4.67. The molecule has 2 aromatic rings. The van der Waals surface area contributed by atoms with Gasteiger partial charge in [-0.3, -0.25) is 0 Å². The summed E-state index contributed by atoms with van der Waals surface area (Å²) in [4.78, 5) is 0. The van der Waals surface area contributed by atoms with Crippen molar-refractivity contribution in [2.75, 3.05) is 5.32 Å². The Hall–Kier alpha value is -2.26. The van der Waals surface area contributed by atoms with E-state index in [1.165, 1.54) is 0 Å². The summed E-state index contributed by atoms with van der Waals surface area (Å²) in [5, 5.41) is 22.6. The predicted octanol–water partition coefficient (Wildman–Crippen LogP) is 3.83. The fourth-order valence-corrected chi connectivity index (χ4v) is 2.32. The molecule has 22 heavy (non-hydrogen) atoms. The van der Waals surface area contributed by atoms with Gasteiger partial charge >= 0.3 is 6.18 Å². The van der Waals surface area contributed by atoms with Gasteiger partial charge in [0, 0.05) is 5.69 Å². The smallest absolute Gasteiger partial charge is 0.382 e. The molecule has 2 aromatic carbocycles. The third-order valence-electron chi connectivity index (χ3n) is 3.51. The van der Waals surface area contributed by atoms with Crippen molar-refractivity contribution < 1.29 is 18.3 Å². The van der Waals surface area contributed by atoms with E-state index in [1.54, 1.807) is 43.3 Å². The number of aliphatic hydroxyl groups excluding tert-OH is 1. The molecule has 116 valence electrons. The predicted molar refractivity (Wildman–Crippen MR) is 78.4 cm³/mol. The highest BCUT2D eigenvalue weighted by atomic mass is 19.4. The minimum absolute atomic E-state index is 0.122. The number of fused-ring (bicyclic) bond motifs is 1. The van der Waals surface area contributed by atoms with Gasteiger partial charge in [0.2, 0.25) is 0 Å². The van der Waals surface area contributed by atoms with Crippen molar-refractivity contribution in [3.05, 3.63) is 42.0 Å². The van der Waals surface area contributed by atoms with Gasteiger partial charge in [0.1, 0.15) is 0 Å². The van der Waals surface area contributed by atoms with E-state index in [0.717, 1.165) is 10.8 Å². The molecule has 0 bridgehead atoms. The van der Waals surface area contributed by atoms with Crippen molar-refractivity contribution in [2.24, 2.45) is 0 Å². The summed E-state index contributed by atoms with van der Waals surface area (Å²) in [6.45, 7) is 1.57. The number of alkyl halides is 3. The van der Waals surface area contributed by atoms with Crippen LogP contribution in [0, 0.1) is 11.3 Å². The Morgan fingerprint density at radius 3 is 2.59 bits per heavy atom. The van der Waals surface area contributed by atoms with E-state index in [1.807, 2.05) is 0 Å². The van der Waals surface area contributed by atoms with Crippen LogP contribution in [0.1, 0.15) is 18.9 Å². The molecule has 2 N–H and O–H groups in total. The van der Waals surface area contributed by atoms with Crippen LogP contribution in [-0.4, -0.2) is 23.4 Å². The van der Waals surface area contributed by atoms with Crippen LogP contribution in [0.4, 0.5) is 18.9 Å². The summed E-state index contributed by atoms with van der Waals surface area (Å²) in [5.74, 6) is 0. The van der Waals surface area contributed by atoms with Gasteiger partial charge in [-0.05, 0) is 35.4 Å². The first kappa shape index (κ1) is 16.1. The van der Waals surface area contributed by atoms with Gasteiger partial charge in [0.05, 0.1) is 17.7 Å². The van der Waals surface area contributed by atoms with E-state index in [-0.39, 0.29) is 6.42 Å². The Kier molecular flexibility index (Phi) is 4.57. The molecule has 2 rings (SSSR count). The summed E-state index contributed by atoms with van der Waals surface area (Å²) in [7, 11) is 0. The highest BCUT2D eigenvalue weighted by Crippen LogP contribution is 2.27. The minimum Gasteiger partial charge on any atom is -0.382 e. The van der Waals surface area contributed by atoms with Gasteiger partial charge in [-0.15, -0.1) is 0 Å². The number of aliphatic hydroxyl groups is 1.